The highest BCUT2D eigenvalue weighted by molar-refractivity contribution is 6.42. The molecule has 50 valence electrons. The van der Waals surface area contributed by atoms with E-state index in [0.29, 0.717) is 0 Å². The number of rotatable bonds is 2. The molecule has 0 radical (unpaired) electrons. The molecule has 0 aliphatic heterocycles. The molecule has 3 nitrogen and oxygen atoms in total. The molecular formula is C5H8ClN3. The molecule has 0 aromatic carbocycles. The highest BCUT2D eigenvalue weighted by Gasteiger charge is 1.94. The molecule has 2 N–H and O–H groups in total. The average Bonchev–Trinajstić information content (AvgIpc) is 1.87. The molecule has 4 heteroatoms. The van der Waals surface area contributed by atoms with Crippen molar-refractivity contribution in [2.45, 2.75) is 0 Å². The molecule has 0 heterocycles. The first-order valence-corrected chi connectivity index (χ1v) is 2.68. The predicted octanol–water partition coefficient (Wildman–Crippen LogP) is 0.964. The van der Waals surface area contributed by atoms with E-state index in [2.05, 4.69) is 17.0 Å². The third kappa shape index (κ3) is 2.87. The van der Waals surface area contributed by atoms with Crippen LogP contribution in [0.2, 0.25) is 0 Å². The lowest BCUT2D eigenvalue weighted by Gasteiger charge is -1.92. The number of amidine groups is 1. The Kier molecular flexibility index (Phi) is 3.71. The normalized spacial score (nSPS) is 10.7. The maximum absolute atomic E-state index is 6.98. The minimum absolute atomic E-state index is 0.0222. The molecule has 0 aliphatic rings. The summed E-state index contributed by atoms with van der Waals surface area (Å²) in [6, 6.07) is 0. The van der Waals surface area contributed by atoms with Crippen LogP contribution in [-0.4, -0.2) is 19.6 Å². The summed E-state index contributed by atoms with van der Waals surface area (Å²) >= 11 is 5.47. The monoisotopic (exact) mass is 145 g/mol. The second-order valence-corrected chi connectivity index (χ2v) is 1.69. The zero-order valence-electron chi connectivity index (χ0n) is 5.11. The molecule has 0 saturated carbocycles. The maximum atomic E-state index is 6.98. The summed E-state index contributed by atoms with van der Waals surface area (Å²) in [7, 11) is 1.69. The predicted molar refractivity (Wildman–Crippen MR) is 40.3 cm³/mol. The summed E-state index contributed by atoms with van der Waals surface area (Å²) in [5, 5.41) is 9.89. The van der Waals surface area contributed by atoms with E-state index in [1.807, 2.05) is 0 Å². The Morgan fingerprint density at radius 1 is 1.89 bits per heavy atom. The number of halogens is 1. The standard InChI is InChI=1S/C5H8ClN3/c1-8-3-4(6)5(7)9-2/h3,7-8H,2H2,1H3. The topological polar surface area (TPSA) is 48.2 Å². The highest BCUT2D eigenvalue weighted by Crippen LogP contribution is 2.00. The van der Waals surface area contributed by atoms with Gasteiger partial charge in [-0.05, 0) is 6.72 Å². The Morgan fingerprint density at radius 3 is 2.78 bits per heavy atom. The summed E-state index contributed by atoms with van der Waals surface area (Å²) in [5.74, 6) is -0.0222. The van der Waals surface area contributed by atoms with Gasteiger partial charge in [0.15, 0.2) is 5.84 Å². The van der Waals surface area contributed by atoms with Gasteiger partial charge in [0, 0.05) is 13.2 Å². The maximum Gasteiger partial charge on any atom is 0.164 e. The van der Waals surface area contributed by atoms with E-state index < -0.39 is 0 Å². The van der Waals surface area contributed by atoms with Gasteiger partial charge >= 0.3 is 0 Å². The van der Waals surface area contributed by atoms with E-state index in [4.69, 9.17) is 17.0 Å². The van der Waals surface area contributed by atoms with Gasteiger partial charge in [0.05, 0.1) is 0 Å². The van der Waals surface area contributed by atoms with Gasteiger partial charge in [0.25, 0.3) is 0 Å². The first-order chi connectivity index (χ1) is 4.22. The van der Waals surface area contributed by atoms with E-state index in [1.54, 1.807) is 7.05 Å². The quantitative estimate of drug-likeness (QED) is 0.442. The number of nitrogens with zero attached hydrogens (tertiary/aromatic N) is 1. The fourth-order valence-electron chi connectivity index (χ4n) is 0.271. The molecule has 0 fully saturated rings. The van der Waals surface area contributed by atoms with Crippen LogP contribution in [0.25, 0.3) is 0 Å². The Morgan fingerprint density at radius 2 is 2.44 bits per heavy atom. The third-order valence-electron chi connectivity index (χ3n) is 0.655. The molecule has 9 heavy (non-hydrogen) atoms. The van der Waals surface area contributed by atoms with Crippen molar-refractivity contribution < 1.29 is 0 Å². The molecule has 0 bridgehead atoms. The molecule has 0 unspecified atom stereocenters. The van der Waals surface area contributed by atoms with E-state index in [0.717, 1.165) is 0 Å². The van der Waals surface area contributed by atoms with Crippen LogP contribution in [0.5, 0.6) is 0 Å². The average molecular weight is 146 g/mol. The van der Waals surface area contributed by atoms with Crippen molar-refractivity contribution in [1.29, 1.82) is 5.41 Å². The summed E-state index contributed by atoms with van der Waals surface area (Å²) in [4.78, 5) is 3.30. The van der Waals surface area contributed by atoms with Crippen molar-refractivity contribution >= 4 is 24.2 Å². The molecule has 0 aliphatic carbocycles. The number of aliphatic imine (C=N–C) groups is 1. The number of hydrogen-bond acceptors (Lipinski definition) is 2. The zero-order valence-corrected chi connectivity index (χ0v) is 5.87. The van der Waals surface area contributed by atoms with Crippen molar-refractivity contribution in [2.75, 3.05) is 7.05 Å². The molecule has 0 saturated heterocycles. The molecule has 0 spiro atoms. The van der Waals surface area contributed by atoms with E-state index in [9.17, 15) is 0 Å². The SMILES string of the molecule is C=NC(=N)C(Cl)=CNC. The first-order valence-electron chi connectivity index (χ1n) is 2.31. The molecule has 0 amide bonds. The summed E-state index contributed by atoms with van der Waals surface area (Å²) < 4.78 is 0. The Labute approximate surface area is 58.9 Å². The highest BCUT2D eigenvalue weighted by atomic mass is 35.5. The number of hydrogen-bond donors (Lipinski definition) is 2. The van der Waals surface area contributed by atoms with Crippen LogP contribution < -0.4 is 5.32 Å². The number of nitrogens with one attached hydrogen (secondary N) is 2. The lowest BCUT2D eigenvalue weighted by atomic mass is 10.5. The van der Waals surface area contributed by atoms with E-state index in [-0.39, 0.29) is 10.9 Å². The van der Waals surface area contributed by atoms with Gasteiger partial charge in [0.2, 0.25) is 0 Å². The van der Waals surface area contributed by atoms with Gasteiger partial charge in [-0.1, -0.05) is 11.6 Å². The van der Waals surface area contributed by atoms with E-state index >= 15 is 0 Å². The summed E-state index contributed by atoms with van der Waals surface area (Å²) in [5.41, 5.74) is 0. The van der Waals surface area contributed by atoms with Crippen LogP contribution in [0.1, 0.15) is 0 Å². The van der Waals surface area contributed by atoms with Crippen LogP contribution in [0.3, 0.4) is 0 Å². The Balaban J connectivity index is 4.01. The summed E-state index contributed by atoms with van der Waals surface area (Å²) in [6.07, 6.45) is 1.47. The van der Waals surface area contributed by atoms with E-state index in [1.165, 1.54) is 6.20 Å². The van der Waals surface area contributed by atoms with Crippen molar-refractivity contribution in [3.63, 3.8) is 0 Å². The van der Waals surface area contributed by atoms with Crippen LogP contribution in [0.15, 0.2) is 16.2 Å². The van der Waals surface area contributed by atoms with Gasteiger partial charge < -0.3 is 5.32 Å². The molecule has 0 atom stereocenters. The second-order valence-electron chi connectivity index (χ2n) is 1.29. The molecular weight excluding hydrogens is 138 g/mol. The Hall–Kier alpha value is -0.830. The van der Waals surface area contributed by atoms with Crippen LogP contribution in [-0.2, 0) is 0 Å². The fraction of sp³-hybridized carbons (Fsp3) is 0.200. The minimum Gasteiger partial charge on any atom is -0.393 e. The van der Waals surface area contributed by atoms with Crippen LogP contribution in [0.4, 0.5) is 0 Å². The Bertz CT molecular complexity index is 150. The lowest BCUT2D eigenvalue weighted by Crippen LogP contribution is -1.98. The molecule has 0 aromatic rings. The van der Waals surface area contributed by atoms with Crippen molar-refractivity contribution in [3.8, 4) is 0 Å². The third-order valence-corrected chi connectivity index (χ3v) is 0.944. The smallest absolute Gasteiger partial charge is 0.164 e. The van der Waals surface area contributed by atoms with Crippen molar-refractivity contribution in [2.24, 2.45) is 4.99 Å². The molecule has 0 aromatic heterocycles. The van der Waals surface area contributed by atoms with Gasteiger partial charge in [-0.15, -0.1) is 0 Å². The summed E-state index contributed by atoms with van der Waals surface area (Å²) in [6.45, 7) is 3.14. The van der Waals surface area contributed by atoms with Gasteiger partial charge in [0.1, 0.15) is 5.03 Å². The van der Waals surface area contributed by atoms with Crippen molar-refractivity contribution in [1.82, 2.24) is 5.32 Å². The fourth-order valence-corrected chi connectivity index (χ4v) is 0.439. The largest absolute Gasteiger partial charge is 0.393 e. The molecule has 0 rings (SSSR count). The van der Waals surface area contributed by atoms with Crippen LogP contribution >= 0.6 is 11.6 Å². The van der Waals surface area contributed by atoms with Crippen molar-refractivity contribution in [3.05, 3.63) is 11.2 Å². The van der Waals surface area contributed by atoms with Gasteiger partial charge in [-0.25, -0.2) is 4.99 Å². The van der Waals surface area contributed by atoms with Gasteiger partial charge in [-0.2, -0.15) is 0 Å². The lowest BCUT2D eigenvalue weighted by molar-refractivity contribution is 1.10. The van der Waals surface area contributed by atoms with Gasteiger partial charge in [-0.3, -0.25) is 5.41 Å². The van der Waals surface area contributed by atoms with Crippen LogP contribution in [0, 0.1) is 5.41 Å². The zero-order chi connectivity index (χ0) is 7.28. The first kappa shape index (κ1) is 8.17. The second kappa shape index (κ2) is 4.09. The minimum atomic E-state index is -0.0222.